The van der Waals surface area contributed by atoms with Crippen molar-refractivity contribution in [2.45, 2.75) is 104 Å². The van der Waals surface area contributed by atoms with E-state index in [0.29, 0.717) is 12.8 Å². The summed E-state index contributed by atoms with van der Waals surface area (Å²) in [7, 11) is 0. The van der Waals surface area contributed by atoms with E-state index in [2.05, 4.69) is 0 Å². The van der Waals surface area contributed by atoms with Crippen molar-refractivity contribution in [1.82, 2.24) is 0 Å². The van der Waals surface area contributed by atoms with Gasteiger partial charge in [0.15, 0.2) is 5.60 Å². The summed E-state index contributed by atoms with van der Waals surface area (Å²) in [5.74, 6) is -1.08. The van der Waals surface area contributed by atoms with Crippen molar-refractivity contribution in [1.29, 1.82) is 0 Å². The molecule has 45 heavy (non-hydrogen) atoms. The highest BCUT2D eigenvalue weighted by Crippen LogP contribution is 2.41. The molecule has 3 aromatic rings. The van der Waals surface area contributed by atoms with Crippen molar-refractivity contribution in [2.24, 2.45) is 0 Å². The van der Waals surface area contributed by atoms with E-state index in [9.17, 15) is 19.2 Å². The van der Waals surface area contributed by atoms with E-state index < -0.39 is 28.7 Å². The lowest BCUT2D eigenvalue weighted by Crippen LogP contribution is -2.35. The van der Waals surface area contributed by atoms with Gasteiger partial charge in [0.1, 0.15) is 17.0 Å². The predicted octanol–water partition coefficient (Wildman–Crippen LogP) is 8.04. The number of ketones is 1. The third kappa shape index (κ3) is 12.7. The van der Waals surface area contributed by atoms with Gasteiger partial charge in [-0.3, -0.25) is 19.2 Å². The topological polar surface area (TPSA) is 96.0 Å². The summed E-state index contributed by atoms with van der Waals surface area (Å²) in [6.07, 6.45) is 0.879. The Morgan fingerprint density at radius 2 is 0.867 bits per heavy atom. The van der Waals surface area contributed by atoms with Gasteiger partial charge in [0.25, 0.3) is 0 Å². The maximum Gasteiger partial charge on any atom is 0.307 e. The first kappa shape index (κ1) is 36.9. The summed E-state index contributed by atoms with van der Waals surface area (Å²) < 4.78 is 16.7. The van der Waals surface area contributed by atoms with E-state index in [-0.39, 0.29) is 31.0 Å². The lowest BCUT2D eigenvalue weighted by Gasteiger charge is -2.35. The van der Waals surface area contributed by atoms with E-state index >= 15 is 0 Å². The second-order valence-electron chi connectivity index (χ2n) is 12.8. The maximum atomic E-state index is 13.1. The second kappa shape index (κ2) is 16.7. The van der Waals surface area contributed by atoms with Crippen LogP contribution in [-0.4, -0.2) is 34.9 Å². The molecule has 3 rings (SSSR count). The Labute approximate surface area is 268 Å². The average molecular weight is 617 g/mol. The van der Waals surface area contributed by atoms with E-state index in [1.165, 1.54) is 0 Å². The van der Waals surface area contributed by atoms with Crippen LogP contribution in [0.3, 0.4) is 0 Å². The van der Waals surface area contributed by atoms with Gasteiger partial charge in [-0.1, -0.05) is 97.4 Å². The van der Waals surface area contributed by atoms with Crippen LogP contribution in [0.25, 0.3) is 0 Å². The lowest BCUT2D eigenvalue weighted by molar-refractivity contribution is -0.161. The molecule has 0 saturated heterocycles. The van der Waals surface area contributed by atoms with Crippen molar-refractivity contribution in [2.75, 3.05) is 0 Å². The van der Waals surface area contributed by atoms with Crippen LogP contribution in [0.2, 0.25) is 0 Å². The largest absolute Gasteiger partial charge is 0.460 e. The predicted molar refractivity (Wildman–Crippen MR) is 175 cm³/mol. The van der Waals surface area contributed by atoms with Crippen LogP contribution in [0.15, 0.2) is 84.9 Å². The van der Waals surface area contributed by atoms with E-state index in [0.717, 1.165) is 22.3 Å². The van der Waals surface area contributed by atoms with Gasteiger partial charge >= 0.3 is 17.9 Å². The Morgan fingerprint density at radius 1 is 0.511 bits per heavy atom. The number of Topliss-reactive ketones (excluding diaryl/α,β-unsaturated/α-hetero) is 1. The van der Waals surface area contributed by atoms with Crippen LogP contribution >= 0.6 is 0 Å². The highest BCUT2D eigenvalue weighted by Gasteiger charge is 2.40. The first-order valence-corrected chi connectivity index (χ1v) is 15.4. The Hall–Kier alpha value is -4.26. The van der Waals surface area contributed by atoms with Crippen molar-refractivity contribution in [3.8, 4) is 0 Å². The lowest BCUT2D eigenvalue weighted by atomic mass is 9.80. The number of esters is 3. The molecule has 0 fully saturated rings. The molecule has 7 heteroatoms. The van der Waals surface area contributed by atoms with Gasteiger partial charge in [0.2, 0.25) is 0 Å². The Kier molecular flexibility index (Phi) is 13.7. The molecule has 242 valence electrons. The number of ether oxygens (including phenoxy) is 3. The molecule has 0 unspecified atom stereocenters. The molecule has 0 aliphatic rings. The van der Waals surface area contributed by atoms with Crippen molar-refractivity contribution in [3.05, 3.63) is 107 Å². The highest BCUT2D eigenvalue weighted by atomic mass is 16.6. The standard InChI is InChI=1S/C28H30O4.C10H18O3/c1-21-15-17-24(18-16-21)28(22-11-7-5-8-12-22,23-13-9-6-10-14-23)32-26(30)20-19-25(29)31-27(2,3)4;1-5-8(11)6-7-9(12)13-10(2,3)4/h5-18H,19-20H2,1-4H3;5-7H2,1-4H3. The summed E-state index contributed by atoms with van der Waals surface area (Å²) in [5, 5.41) is 0. The molecule has 0 saturated carbocycles. The van der Waals surface area contributed by atoms with Crippen LogP contribution in [0.5, 0.6) is 0 Å². The zero-order valence-corrected chi connectivity index (χ0v) is 28.0. The van der Waals surface area contributed by atoms with Gasteiger partial charge in [-0.05, 0) is 48.5 Å². The highest BCUT2D eigenvalue weighted by molar-refractivity contribution is 5.82. The third-order valence-corrected chi connectivity index (χ3v) is 6.46. The molecule has 7 nitrogen and oxygen atoms in total. The fraction of sp³-hybridized carbons (Fsp3) is 0.421. The smallest absolute Gasteiger partial charge is 0.307 e. The van der Waals surface area contributed by atoms with Crippen molar-refractivity contribution < 1.29 is 33.4 Å². The number of aryl methyl sites for hydroxylation is 1. The van der Waals surface area contributed by atoms with Gasteiger partial charge in [-0.25, -0.2) is 0 Å². The summed E-state index contributed by atoms with van der Waals surface area (Å²) in [6, 6.07) is 27.3. The van der Waals surface area contributed by atoms with E-state index in [1.54, 1.807) is 27.7 Å². The molecule has 0 amide bonds. The quantitative estimate of drug-likeness (QED) is 0.122. The van der Waals surface area contributed by atoms with Gasteiger partial charge in [-0.2, -0.15) is 0 Å². The Bertz CT molecular complexity index is 1340. The molecular formula is C38H48O7. The van der Waals surface area contributed by atoms with Gasteiger partial charge < -0.3 is 14.2 Å². The minimum atomic E-state index is -1.14. The molecule has 0 atom stereocenters. The molecule has 0 aliphatic carbocycles. The fourth-order valence-electron chi connectivity index (χ4n) is 4.44. The first-order chi connectivity index (χ1) is 21.1. The third-order valence-electron chi connectivity index (χ3n) is 6.46. The molecule has 0 heterocycles. The molecule has 0 aliphatic heterocycles. The zero-order chi connectivity index (χ0) is 33.7. The second-order valence-corrected chi connectivity index (χ2v) is 12.8. The number of rotatable bonds is 11. The first-order valence-electron chi connectivity index (χ1n) is 15.4. The van der Waals surface area contributed by atoms with E-state index in [1.807, 2.05) is 113 Å². The molecule has 0 aromatic heterocycles. The summed E-state index contributed by atoms with van der Waals surface area (Å²) >= 11 is 0. The number of carbonyl (C=O) groups is 4. The van der Waals surface area contributed by atoms with E-state index in [4.69, 9.17) is 14.2 Å². The maximum absolute atomic E-state index is 13.1. The monoisotopic (exact) mass is 616 g/mol. The fourth-order valence-corrected chi connectivity index (χ4v) is 4.44. The molecule has 0 spiro atoms. The Morgan fingerprint density at radius 3 is 1.24 bits per heavy atom. The summed E-state index contributed by atoms with van der Waals surface area (Å²) in [6.45, 7) is 14.6. The number of carbonyl (C=O) groups excluding carboxylic acids is 4. The number of hydrogen-bond donors (Lipinski definition) is 0. The summed E-state index contributed by atoms with van der Waals surface area (Å²) in [4.78, 5) is 47.2. The summed E-state index contributed by atoms with van der Waals surface area (Å²) in [5.41, 5.74) is 1.43. The minimum absolute atomic E-state index is 0.0380. The van der Waals surface area contributed by atoms with Crippen LogP contribution in [0.4, 0.5) is 0 Å². The molecular weight excluding hydrogens is 568 g/mol. The van der Waals surface area contributed by atoms with Gasteiger partial charge in [0.05, 0.1) is 19.3 Å². The van der Waals surface area contributed by atoms with Crippen molar-refractivity contribution >= 4 is 23.7 Å². The van der Waals surface area contributed by atoms with Crippen molar-refractivity contribution in [3.63, 3.8) is 0 Å². The van der Waals surface area contributed by atoms with Gasteiger partial charge in [0, 0.05) is 29.5 Å². The number of hydrogen-bond acceptors (Lipinski definition) is 7. The molecule has 0 radical (unpaired) electrons. The average Bonchev–Trinajstić information content (AvgIpc) is 2.97. The zero-order valence-electron chi connectivity index (χ0n) is 28.0. The van der Waals surface area contributed by atoms with Crippen LogP contribution in [0.1, 0.15) is 103 Å². The van der Waals surface area contributed by atoms with Crippen LogP contribution in [0, 0.1) is 6.92 Å². The molecule has 0 N–H and O–H groups in total. The Balaban J connectivity index is 0.000000459. The number of benzene rings is 3. The van der Waals surface area contributed by atoms with Crippen LogP contribution in [-0.2, 0) is 39.0 Å². The minimum Gasteiger partial charge on any atom is -0.460 e. The SMILES string of the molecule is CCC(=O)CCC(=O)OC(C)(C)C.Cc1ccc(C(OC(=O)CCC(=O)OC(C)(C)C)(c2ccccc2)c2ccccc2)cc1. The van der Waals surface area contributed by atoms with Crippen LogP contribution < -0.4 is 0 Å². The molecule has 3 aromatic carbocycles. The molecule has 0 bridgehead atoms. The normalized spacial score (nSPS) is 11.5. The van der Waals surface area contributed by atoms with Gasteiger partial charge in [-0.15, -0.1) is 0 Å².